The Morgan fingerprint density at radius 1 is 1.47 bits per heavy atom. The molecule has 0 saturated heterocycles. The van der Waals surface area contributed by atoms with Crippen LogP contribution in [0.2, 0.25) is 0 Å². The van der Waals surface area contributed by atoms with Crippen LogP contribution in [0.15, 0.2) is 24.3 Å². The number of aromatic nitrogens is 2. The monoisotopic (exact) mass is 258 g/mol. The zero-order valence-electron chi connectivity index (χ0n) is 10.9. The lowest BCUT2D eigenvalue weighted by Crippen LogP contribution is -2.09. The van der Waals surface area contributed by atoms with Crippen LogP contribution < -0.4 is 5.32 Å². The smallest absolute Gasteiger partial charge is 0.143 e. The van der Waals surface area contributed by atoms with Crippen molar-refractivity contribution < 1.29 is 4.39 Å². The van der Waals surface area contributed by atoms with Crippen LogP contribution in [0.25, 0.3) is 0 Å². The zero-order valence-corrected chi connectivity index (χ0v) is 10.9. The number of nitrogens with zero attached hydrogens (tertiary/aromatic N) is 3. The molecule has 4 nitrogen and oxygen atoms in total. The second-order valence-corrected chi connectivity index (χ2v) is 4.22. The first-order chi connectivity index (χ1) is 9.15. The van der Waals surface area contributed by atoms with Gasteiger partial charge in [-0.3, -0.25) is 4.68 Å². The molecule has 2 aromatic rings. The summed E-state index contributed by atoms with van der Waals surface area (Å²) in [4.78, 5) is 0. The summed E-state index contributed by atoms with van der Waals surface area (Å²) >= 11 is 0. The van der Waals surface area contributed by atoms with Gasteiger partial charge in [0.2, 0.25) is 0 Å². The van der Waals surface area contributed by atoms with Crippen molar-refractivity contribution in [2.24, 2.45) is 0 Å². The van der Waals surface area contributed by atoms with Gasteiger partial charge in [0, 0.05) is 6.54 Å². The van der Waals surface area contributed by atoms with Crippen molar-refractivity contribution in [2.75, 3.05) is 5.32 Å². The van der Waals surface area contributed by atoms with Crippen molar-refractivity contribution in [2.45, 2.75) is 26.9 Å². The number of aryl methyl sites for hydroxylation is 2. The first-order valence-electron chi connectivity index (χ1n) is 6.11. The van der Waals surface area contributed by atoms with Crippen LogP contribution in [0.4, 0.5) is 10.1 Å². The highest BCUT2D eigenvalue weighted by atomic mass is 19.1. The Labute approximate surface area is 111 Å². The van der Waals surface area contributed by atoms with E-state index in [2.05, 4.69) is 10.4 Å². The third-order valence-electron chi connectivity index (χ3n) is 2.87. The average Bonchev–Trinajstić information content (AvgIpc) is 2.76. The number of anilines is 1. The lowest BCUT2D eigenvalue weighted by atomic mass is 10.2. The predicted octanol–water partition coefficient (Wildman–Crippen LogP) is 2.83. The maximum atomic E-state index is 13.4. The molecule has 1 heterocycles. The minimum Gasteiger partial charge on any atom is -0.378 e. The van der Waals surface area contributed by atoms with E-state index in [1.54, 1.807) is 12.1 Å². The first-order valence-corrected chi connectivity index (χ1v) is 6.11. The highest BCUT2D eigenvalue weighted by molar-refractivity contribution is 5.57. The van der Waals surface area contributed by atoms with E-state index in [4.69, 9.17) is 5.26 Å². The lowest BCUT2D eigenvalue weighted by molar-refractivity contribution is 0.620. The summed E-state index contributed by atoms with van der Waals surface area (Å²) in [6.45, 7) is 5.23. The summed E-state index contributed by atoms with van der Waals surface area (Å²) < 4.78 is 15.3. The first kappa shape index (κ1) is 13.1. The third kappa shape index (κ3) is 2.74. The summed E-state index contributed by atoms with van der Waals surface area (Å²) in [7, 11) is 0. The zero-order chi connectivity index (χ0) is 13.8. The van der Waals surface area contributed by atoms with Crippen molar-refractivity contribution in [1.82, 2.24) is 9.78 Å². The summed E-state index contributed by atoms with van der Waals surface area (Å²) in [5.74, 6) is -0.507. The van der Waals surface area contributed by atoms with Crippen LogP contribution in [0.1, 0.15) is 23.9 Å². The number of nitrogens with one attached hydrogen (secondary N) is 1. The second-order valence-electron chi connectivity index (χ2n) is 4.22. The van der Waals surface area contributed by atoms with Gasteiger partial charge in [-0.15, -0.1) is 0 Å². The third-order valence-corrected chi connectivity index (χ3v) is 2.87. The van der Waals surface area contributed by atoms with E-state index in [9.17, 15) is 4.39 Å². The molecule has 0 saturated carbocycles. The average molecular weight is 258 g/mol. The van der Waals surface area contributed by atoms with Gasteiger partial charge in [-0.25, -0.2) is 4.39 Å². The van der Waals surface area contributed by atoms with Crippen molar-refractivity contribution in [3.8, 4) is 6.07 Å². The molecule has 2 rings (SSSR count). The molecule has 0 atom stereocenters. The van der Waals surface area contributed by atoms with Gasteiger partial charge in [-0.2, -0.15) is 10.4 Å². The molecule has 98 valence electrons. The molecule has 1 N–H and O–H groups in total. The Morgan fingerprint density at radius 3 is 2.95 bits per heavy atom. The SMILES string of the molecule is CCn1nc(C)cc1CNc1cccc(F)c1C#N. The van der Waals surface area contributed by atoms with Gasteiger partial charge in [0.1, 0.15) is 17.4 Å². The van der Waals surface area contributed by atoms with Gasteiger partial charge in [-0.1, -0.05) is 6.07 Å². The highest BCUT2D eigenvalue weighted by Gasteiger charge is 2.09. The van der Waals surface area contributed by atoms with Crippen LogP contribution in [-0.2, 0) is 13.1 Å². The quantitative estimate of drug-likeness (QED) is 0.917. The predicted molar refractivity (Wildman–Crippen MR) is 71.1 cm³/mol. The van der Waals surface area contributed by atoms with Crippen LogP contribution in [-0.4, -0.2) is 9.78 Å². The Bertz CT molecular complexity index is 625. The molecule has 0 aliphatic heterocycles. The maximum absolute atomic E-state index is 13.4. The van der Waals surface area contributed by atoms with E-state index in [-0.39, 0.29) is 5.56 Å². The van der Waals surface area contributed by atoms with E-state index in [0.29, 0.717) is 12.2 Å². The van der Waals surface area contributed by atoms with E-state index < -0.39 is 5.82 Å². The highest BCUT2D eigenvalue weighted by Crippen LogP contribution is 2.18. The maximum Gasteiger partial charge on any atom is 0.143 e. The molecule has 0 spiro atoms. The number of hydrogen-bond acceptors (Lipinski definition) is 3. The molecule has 1 aromatic heterocycles. The number of halogens is 1. The molecule has 19 heavy (non-hydrogen) atoms. The molecule has 0 unspecified atom stereocenters. The summed E-state index contributed by atoms with van der Waals surface area (Å²) in [5.41, 5.74) is 2.50. The summed E-state index contributed by atoms with van der Waals surface area (Å²) in [6.07, 6.45) is 0. The van der Waals surface area contributed by atoms with Gasteiger partial charge in [0.05, 0.1) is 23.6 Å². The standard InChI is InChI=1S/C14H15FN4/c1-3-19-11(7-10(2)18-19)9-17-14-6-4-5-13(15)12(14)8-16/h4-7,17H,3,9H2,1-2H3. The van der Waals surface area contributed by atoms with Gasteiger partial charge in [-0.05, 0) is 32.0 Å². The topological polar surface area (TPSA) is 53.6 Å². The van der Waals surface area contributed by atoms with Crippen molar-refractivity contribution in [3.63, 3.8) is 0 Å². The fourth-order valence-electron chi connectivity index (χ4n) is 1.99. The van der Waals surface area contributed by atoms with E-state index in [1.165, 1.54) is 6.07 Å². The van der Waals surface area contributed by atoms with E-state index in [0.717, 1.165) is 17.9 Å². The number of hydrogen-bond donors (Lipinski definition) is 1. The van der Waals surface area contributed by atoms with E-state index >= 15 is 0 Å². The molecule has 1 aromatic carbocycles. The van der Waals surface area contributed by atoms with Crippen molar-refractivity contribution in [3.05, 3.63) is 47.0 Å². The number of rotatable bonds is 4. The minimum absolute atomic E-state index is 0.0433. The Balaban J connectivity index is 2.19. The summed E-state index contributed by atoms with van der Waals surface area (Å²) in [6, 6.07) is 8.41. The van der Waals surface area contributed by atoms with E-state index in [1.807, 2.05) is 30.7 Å². The van der Waals surface area contributed by atoms with Crippen LogP contribution in [0, 0.1) is 24.1 Å². The fourth-order valence-corrected chi connectivity index (χ4v) is 1.99. The summed E-state index contributed by atoms with van der Waals surface area (Å²) in [5, 5.41) is 16.4. The Kier molecular flexibility index (Phi) is 3.81. The molecule has 0 radical (unpaired) electrons. The molecular weight excluding hydrogens is 243 g/mol. The lowest BCUT2D eigenvalue weighted by Gasteiger charge is -2.09. The normalized spacial score (nSPS) is 10.2. The van der Waals surface area contributed by atoms with Crippen LogP contribution >= 0.6 is 0 Å². The largest absolute Gasteiger partial charge is 0.378 e. The molecular formula is C14H15FN4. The second kappa shape index (κ2) is 5.53. The molecule has 0 aliphatic rings. The Hall–Kier alpha value is -2.35. The van der Waals surface area contributed by atoms with Gasteiger partial charge in [0.25, 0.3) is 0 Å². The molecule has 0 aliphatic carbocycles. The molecule has 0 amide bonds. The van der Waals surface area contributed by atoms with Crippen molar-refractivity contribution >= 4 is 5.69 Å². The Morgan fingerprint density at radius 2 is 2.26 bits per heavy atom. The molecule has 0 bridgehead atoms. The number of benzene rings is 1. The van der Waals surface area contributed by atoms with Gasteiger partial charge < -0.3 is 5.32 Å². The molecule has 5 heteroatoms. The van der Waals surface area contributed by atoms with Gasteiger partial charge >= 0.3 is 0 Å². The number of nitriles is 1. The fraction of sp³-hybridized carbons (Fsp3) is 0.286. The minimum atomic E-state index is -0.507. The van der Waals surface area contributed by atoms with Crippen LogP contribution in [0.3, 0.4) is 0 Å². The molecule has 0 fully saturated rings. The van der Waals surface area contributed by atoms with Gasteiger partial charge in [0.15, 0.2) is 0 Å². The van der Waals surface area contributed by atoms with Crippen molar-refractivity contribution in [1.29, 1.82) is 5.26 Å². The van der Waals surface area contributed by atoms with Crippen LogP contribution in [0.5, 0.6) is 0 Å².